The minimum Gasteiger partial charge on any atom is -0.495 e. The molecule has 0 saturated carbocycles. The number of carboxylic acids is 1. The van der Waals surface area contributed by atoms with E-state index in [0.717, 1.165) is 40.7 Å². The summed E-state index contributed by atoms with van der Waals surface area (Å²) in [6, 6.07) is 15.3. The maximum Gasteiger partial charge on any atom is 0.416 e. The number of carbonyl (C=O) groups is 1. The van der Waals surface area contributed by atoms with Gasteiger partial charge in [-0.1, -0.05) is 32.0 Å². The van der Waals surface area contributed by atoms with Crippen molar-refractivity contribution in [3.05, 3.63) is 77.5 Å². The van der Waals surface area contributed by atoms with Gasteiger partial charge in [-0.2, -0.15) is 18.3 Å². The summed E-state index contributed by atoms with van der Waals surface area (Å²) in [4.78, 5) is 10.8. The van der Waals surface area contributed by atoms with Gasteiger partial charge in [-0.05, 0) is 72.4 Å². The van der Waals surface area contributed by atoms with Gasteiger partial charge in [0.2, 0.25) is 0 Å². The molecule has 0 spiro atoms. The molecule has 206 valence electrons. The lowest BCUT2D eigenvalue weighted by atomic mass is 9.96. The standard InChI is InChI=1S/C30H32F3N3O3/c1-18(2)15-27(20-5-8-22(9-6-20)34-14-13-28(37)38)36-17-25-26(35-36)12-11-24(29(25)39-4)23-10-7-21(16-19(23)3)30(31,32)33/h5-12,16-18,27,34H,13-15H2,1-4H3,(H,37,38). The summed E-state index contributed by atoms with van der Waals surface area (Å²) < 4.78 is 47.3. The first kappa shape index (κ1) is 28.0. The van der Waals surface area contributed by atoms with Gasteiger partial charge in [0.15, 0.2) is 0 Å². The molecule has 4 rings (SSSR count). The van der Waals surface area contributed by atoms with Crippen LogP contribution in [0.3, 0.4) is 0 Å². The molecule has 0 saturated heterocycles. The number of hydrogen-bond donors (Lipinski definition) is 2. The molecule has 1 aromatic heterocycles. The van der Waals surface area contributed by atoms with Crippen LogP contribution in [0.15, 0.2) is 60.8 Å². The SMILES string of the molecule is COc1c(-c2ccc(C(F)(F)F)cc2C)ccc2nn(C(CC(C)C)c3ccc(NCCC(=O)O)cc3)cc12. The Bertz CT molecular complexity index is 1460. The van der Waals surface area contributed by atoms with E-state index in [0.29, 0.717) is 34.9 Å². The second-order valence-corrected chi connectivity index (χ2v) is 10.1. The molecule has 1 heterocycles. The maximum atomic E-state index is 13.2. The van der Waals surface area contributed by atoms with Gasteiger partial charge in [0.1, 0.15) is 5.75 Å². The monoisotopic (exact) mass is 539 g/mol. The van der Waals surface area contributed by atoms with Crippen molar-refractivity contribution in [2.45, 2.75) is 45.8 Å². The van der Waals surface area contributed by atoms with Gasteiger partial charge >= 0.3 is 12.1 Å². The molecule has 0 radical (unpaired) electrons. The zero-order chi connectivity index (χ0) is 28.3. The second-order valence-electron chi connectivity index (χ2n) is 10.1. The molecule has 39 heavy (non-hydrogen) atoms. The Balaban J connectivity index is 1.71. The third-order valence-corrected chi connectivity index (χ3v) is 6.68. The number of ether oxygens (including phenoxy) is 1. The summed E-state index contributed by atoms with van der Waals surface area (Å²) in [5.74, 6) is 0.0831. The first-order valence-electron chi connectivity index (χ1n) is 12.8. The molecule has 0 aliphatic carbocycles. The molecule has 2 N–H and O–H groups in total. The van der Waals surface area contributed by atoms with E-state index in [2.05, 4.69) is 19.2 Å². The van der Waals surface area contributed by atoms with Crippen LogP contribution in [0.1, 0.15) is 49.4 Å². The lowest BCUT2D eigenvalue weighted by Crippen LogP contribution is -2.14. The van der Waals surface area contributed by atoms with Crippen molar-refractivity contribution in [2.75, 3.05) is 19.0 Å². The third kappa shape index (κ3) is 6.35. The van der Waals surface area contributed by atoms with Crippen LogP contribution >= 0.6 is 0 Å². The molecular weight excluding hydrogens is 507 g/mol. The minimum atomic E-state index is -4.41. The molecule has 0 aliphatic rings. The number of methoxy groups -OCH3 is 1. The van der Waals surface area contributed by atoms with E-state index in [1.165, 1.54) is 6.07 Å². The Morgan fingerprint density at radius 1 is 1.08 bits per heavy atom. The van der Waals surface area contributed by atoms with Crippen molar-refractivity contribution >= 4 is 22.6 Å². The summed E-state index contributed by atoms with van der Waals surface area (Å²) in [5, 5.41) is 17.6. The summed E-state index contributed by atoms with van der Waals surface area (Å²) in [6.07, 6.45) is -1.61. The molecule has 0 bridgehead atoms. The van der Waals surface area contributed by atoms with Gasteiger partial charge in [0.25, 0.3) is 0 Å². The van der Waals surface area contributed by atoms with E-state index in [9.17, 15) is 18.0 Å². The molecule has 3 aromatic carbocycles. The summed E-state index contributed by atoms with van der Waals surface area (Å²) in [6.45, 7) is 6.29. The van der Waals surface area contributed by atoms with Gasteiger partial charge in [-0.15, -0.1) is 0 Å². The van der Waals surface area contributed by atoms with Crippen molar-refractivity contribution in [3.63, 3.8) is 0 Å². The number of rotatable bonds is 10. The van der Waals surface area contributed by atoms with Crippen molar-refractivity contribution in [2.24, 2.45) is 5.92 Å². The number of aromatic nitrogens is 2. The number of aryl methyl sites for hydroxylation is 1. The molecule has 1 atom stereocenters. The van der Waals surface area contributed by atoms with Crippen LogP contribution in [0.5, 0.6) is 5.75 Å². The lowest BCUT2D eigenvalue weighted by Gasteiger charge is -2.20. The average molecular weight is 540 g/mol. The highest BCUT2D eigenvalue weighted by molar-refractivity contribution is 5.93. The average Bonchev–Trinajstić information content (AvgIpc) is 3.30. The number of nitrogens with zero attached hydrogens (tertiary/aromatic N) is 2. The van der Waals surface area contributed by atoms with Crippen LogP contribution in [0.25, 0.3) is 22.0 Å². The predicted octanol–water partition coefficient (Wildman–Crippen LogP) is 7.56. The Morgan fingerprint density at radius 3 is 2.36 bits per heavy atom. The van der Waals surface area contributed by atoms with E-state index < -0.39 is 17.7 Å². The number of anilines is 1. The molecule has 0 aliphatic heterocycles. The molecule has 4 aromatic rings. The number of aliphatic carboxylic acids is 1. The number of alkyl halides is 3. The highest BCUT2D eigenvalue weighted by atomic mass is 19.4. The zero-order valence-corrected chi connectivity index (χ0v) is 22.3. The highest BCUT2D eigenvalue weighted by Gasteiger charge is 2.31. The fourth-order valence-electron chi connectivity index (χ4n) is 4.80. The molecule has 6 nitrogen and oxygen atoms in total. The predicted molar refractivity (Wildman–Crippen MR) is 146 cm³/mol. The van der Waals surface area contributed by atoms with Crippen LogP contribution in [-0.4, -0.2) is 34.5 Å². The quantitative estimate of drug-likeness (QED) is 0.217. The fourth-order valence-corrected chi connectivity index (χ4v) is 4.80. The van der Waals surface area contributed by atoms with Crippen molar-refractivity contribution in [1.29, 1.82) is 0 Å². The van der Waals surface area contributed by atoms with Crippen molar-refractivity contribution < 1.29 is 27.8 Å². The van der Waals surface area contributed by atoms with E-state index in [-0.39, 0.29) is 12.5 Å². The van der Waals surface area contributed by atoms with Crippen LogP contribution in [0, 0.1) is 12.8 Å². The minimum absolute atomic E-state index is 0.0351. The Labute approximate surface area is 225 Å². The van der Waals surface area contributed by atoms with Crippen molar-refractivity contribution in [3.8, 4) is 16.9 Å². The molecule has 9 heteroatoms. The topological polar surface area (TPSA) is 76.4 Å². The van der Waals surface area contributed by atoms with Crippen LogP contribution in [0.2, 0.25) is 0 Å². The normalized spacial score (nSPS) is 12.6. The first-order chi connectivity index (χ1) is 18.5. The summed E-state index contributed by atoms with van der Waals surface area (Å²) in [5.41, 5.74) is 3.80. The fraction of sp³-hybridized carbons (Fsp3) is 0.333. The number of nitrogens with one attached hydrogen (secondary N) is 1. The molecular formula is C30H32F3N3O3. The van der Waals surface area contributed by atoms with Gasteiger partial charge in [-0.25, -0.2) is 0 Å². The number of halogens is 3. The zero-order valence-electron chi connectivity index (χ0n) is 22.3. The number of carboxylic acid groups (broad SMARTS) is 1. The lowest BCUT2D eigenvalue weighted by molar-refractivity contribution is -0.138. The van der Waals surface area contributed by atoms with E-state index in [1.54, 1.807) is 14.0 Å². The number of fused-ring (bicyclic) bond motifs is 1. The number of hydrogen-bond acceptors (Lipinski definition) is 4. The summed E-state index contributed by atoms with van der Waals surface area (Å²) >= 11 is 0. The smallest absolute Gasteiger partial charge is 0.416 e. The Hall–Kier alpha value is -4.01. The molecule has 0 fully saturated rings. The second kappa shape index (κ2) is 11.4. The van der Waals surface area contributed by atoms with Gasteiger partial charge < -0.3 is 15.2 Å². The van der Waals surface area contributed by atoms with Gasteiger partial charge in [0.05, 0.1) is 36.0 Å². The van der Waals surface area contributed by atoms with E-state index in [4.69, 9.17) is 14.9 Å². The van der Waals surface area contributed by atoms with Gasteiger partial charge in [0, 0.05) is 24.0 Å². The first-order valence-corrected chi connectivity index (χ1v) is 12.8. The Morgan fingerprint density at radius 2 is 1.77 bits per heavy atom. The summed E-state index contributed by atoms with van der Waals surface area (Å²) in [7, 11) is 1.55. The maximum absolute atomic E-state index is 13.2. The molecule has 0 amide bonds. The highest BCUT2D eigenvalue weighted by Crippen LogP contribution is 2.40. The van der Waals surface area contributed by atoms with Gasteiger partial charge in [-0.3, -0.25) is 9.48 Å². The van der Waals surface area contributed by atoms with Crippen LogP contribution in [-0.2, 0) is 11.0 Å². The van der Waals surface area contributed by atoms with Crippen LogP contribution in [0.4, 0.5) is 18.9 Å². The molecule has 1 unspecified atom stereocenters. The van der Waals surface area contributed by atoms with E-state index in [1.807, 2.05) is 47.3 Å². The number of benzene rings is 3. The Kier molecular flexibility index (Phi) is 8.18. The van der Waals surface area contributed by atoms with E-state index >= 15 is 0 Å². The largest absolute Gasteiger partial charge is 0.495 e. The third-order valence-electron chi connectivity index (χ3n) is 6.68. The van der Waals surface area contributed by atoms with Crippen molar-refractivity contribution in [1.82, 2.24) is 9.78 Å². The van der Waals surface area contributed by atoms with Crippen LogP contribution < -0.4 is 10.1 Å².